The standard InChI is InChI=1S/C25H21NO2/c1-16-4-9-19(10-5-16)24-15-22(21-14-18(3)8-13-23(21)26-24)25(27)28-20-11-6-17(2)7-12-20/h4-15H,1-3H3. The number of esters is 1. The molecular formula is C25H21NO2. The van der Waals surface area contributed by atoms with Gasteiger partial charge in [-0.1, -0.05) is 59.2 Å². The van der Waals surface area contributed by atoms with Crippen LogP contribution in [0.5, 0.6) is 5.75 Å². The molecule has 0 radical (unpaired) electrons. The van der Waals surface area contributed by atoms with Crippen LogP contribution in [0.2, 0.25) is 0 Å². The predicted octanol–water partition coefficient (Wildman–Crippen LogP) is 6.05. The van der Waals surface area contributed by atoms with E-state index in [-0.39, 0.29) is 5.97 Å². The van der Waals surface area contributed by atoms with Crippen molar-refractivity contribution in [3.8, 4) is 17.0 Å². The highest BCUT2D eigenvalue weighted by molar-refractivity contribution is 6.05. The Balaban J connectivity index is 1.82. The molecule has 0 aliphatic rings. The Morgan fingerprint density at radius 1 is 0.750 bits per heavy atom. The Hall–Kier alpha value is -3.46. The number of aromatic nitrogens is 1. The van der Waals surface area contributed by atoms with Crippen molar-refractivity contribution in [3.05, 3.63) is 95.1 Å². The van der Waals surface area contributed by atoms with Gasteiger partial charge < -0.3 is 4.74 Å². The summed E-state index contributed by atoms with van der Waals surface area (Å²) in [6, 6.07) is 23.3. The number of hydrogen-bond donors (Lipinski definition) is 0. The van der Waals surface area contributed by atoms with Crippen LogP contribution in [0.15, 0.2) is 72.8 Å². The lowest BCUT2D eigenvalue weighted by atomic mass is 10.0. The van der Waals surface area contributed by atoms with E-state index < -0.39 is 0 Å². The van der Waals surface area contributed by atoms with Crippen molar-refractivity contribution in [1.82, 2.24) is 4.98 Å². The number of hydrogen-bond acceptors (Lipinski definition) is 3. The zero-order chi connectivity index (χ0) is 19.7. The van der Waals surface area contributed by atoms with Crippen LogP contribution in [0.1, 0.15) is 27.0 Å². The van der Waals surface area contributed by atoms with E-state index in [9.17, 15) is 4.79 Å². The predicted molar refractivity (Wildman–Crippen MR) is 113 cm³/mol. The SMILES string of the molecule is Cc1ccc(OC(=O)c2cc(-c3ccc(C)cc3)nc3ccc(C)cc23)cc1. The van der Waals surface area contributed by atoms with Crippen LogP contribution >= 0.6 is 0 Å². The molecule has 3 aromatic carbocycles. The molecule has 28 heavy (non-hydrogen) atoms. The number of ether oxygens (including phenoxy) is 1. The number of pyridine rings is 1. The fraction of sp³-hybridized carbons (Fsp3) is 0.120. The first-order chi connectivity index (χ1) is 13.5. The van der Waals surface area contributed by atoms with Gasteiger partial charge in [0.1, 0.15) is 5.75 Å². The van der Waals surface area contributed by atoms with Crippen molar-refractivity contribution >= 4 is 16.9 Å². The topological polar surface area (TPSA) is 39.2 Å². The monoisotopic (exact) mass is 367 g/mol. The first-order valence-electron chi connectivity index (χ1n) is 9.27. The van der Waals surface area contributed by atoms with E-state index in [0.29, 0.717) is 11.3 Å². The summed E-state index contributed by atoms with van der Waals surface area (Å²) in [5.74, 6) is 0.153. The molecule has 0 saturated heterocycles. The quantitative estimate of drug-likeness (QED) is 0.327. The molecule has 0 saturated carbocycles. The second-order valence-corrected chi connectivity index (χ2v) is 7.14. The molecule has 4 rings (SSSR count). The summed E-state index contributed by atoms with van der Waals surface area (Å²) in [6.07, 6.45) is 0. The highest BCUT2D eigenvalue weighted by atomic mass is 16.5. The molecule has 138 valence electrons. The van der Waals surface area contributed by atoms with Crippen LogP contribution in [0, 0.1) is 20.8 Å². The smallest absolute Gasteiger partial charge is 0.344 e. The molecule has 0 aliphatic heterocycles. The number of aryl methyl sites for hydroxylation is 3. The van der Waals surface area contributed by atoms with Gasteiger partial charge in [0.15, 0.2) is 0 Å². The van der Waals surface area contributed by atoms with Gasteiger partial charge in [-0.3, -0.25) is 0 Å². The highest BCUT2D eigenvalue weighted by Crippen LogP contribution is 2.27. The van der Waals surface area contributed by atoms with Gasteiger partial charge in [-0.25, -0.2) is 9.78 Å². The summed E-state index contributed by atoms with van der Waals surface area (Å²) in [4.78, 5) is 17.8. The van der Waals surface area contributed by atoms with E-state index >= 15 is 0 Å². The average molecular weight is 367 g/mol. The summed E-state index contributed by atoms with van der Waals surface area (Å²) in [5, 5.41) is 0.799. The van der Waals surface area contributed by atoms with Crippen LogP contribution in [-0.4, -0.2) is 11.0 Å². The molecule has 0 spiro atoms. The van der Waals surface area contributed by atoms with E-state index in [1.54, 1.807) is 0 Å². The average Bonchev–Trinajstić information content (AvgIpc) is 2.69. The zero-order valence-corrected chi connectivity index (χ0v) is 16.2. The van der Waals surface area contributed by atoms with Crippen LogP contribution in [0.3, 0.4) is 0 Å². The minimum absolute atomic E-state index is 0.379. The molecule has 0 N–H and O–H groups in total. The van der Waals surface area contributed by atoms with E-state index in [2.05, 4.69) is 0 Å². The first kappa shape index (κ1) is 17.9. The summed E-state index contributed by atoms with van der Waals surface area (Å²) < 4.78 is 5.65. The highest BCUT2D eigenvalue weighted by Gasteiger charge is 2.16. The molecule has 3 heteroatoms. The molecule has 0 amide bonds. The Labute approximate surface area is 164 Å². The maximum atomic E-state index is 13.0. The van der Waals surface area contributed by atoms with Crippen molar-refractivity contribution in [3.63, 3.8) is 0 Å². The van der Waals surface area contributed by atoms with Gasteiger partial charge in [0.05, 0.1) is 16.8 Å². The molecule has 0 unspecified atom stereocenters. The van der Waals surface area contributed by atoms with Gasteiger partial charge in [-0.05, 0) is 51.1 Å². The maximum absolute atomic E-state index is 13.0. The zero-order valence-electron chi connectivity index (χ0n) is 16.2. The Morgan fingerprint density at radius 2 is 1.36 bits per heavy atom. The normalized spacial score (nSPS) is 10.8. The summed E-state index contributed by atoms with van der Waals surface area (Å²) in [5.41, 5.74) is 6.39. The Kier molecular flexibility index (Phi) is 4.66. The number of carbonyl (C=O) groups is 1. The lowest BCUT2D eigenvalue weighted by Gasteiger charge is -2.11. The molecule has 1 heterocycles. The molecule has 0 bridgehead atoms. The largest absolute Gasteiger partial charge is 0.423 e. The summed E-state index contributed by atoms with van der Waals surface area (Å²) in [6.45, 7) is 6.05. The molecule has 0 aliphatic carbocycles. The van der Waals surface area contributed by atoms with Gasteiger partial charge >= 0.3 is 5.97 Å². The molecule has 0 atom stereocenters. The number of nitrogens with zero attached hydrogens (tertiary/aromatic N) is 1. The van der Waals surface area contributed by atoms with Crippen LogP contribution in [-0.2, 0) is 0 Å². The van der Waals surface area contributed by atoms with Crippen LogP contribution in [0.25, 0.3) is 22.2 Å². The number of fused-ring (bicyclic) bond motifs is 1. The summed E-state index contributed by atoms with van der Waals surface area (Å²) >= 11 is 0. The van der Waals surface area contributed by atoms with Crippen molar-refractivity contribution in [2.24, 2.45) is 0 Å². The van der Waals surface area contributed by atoms with Crippen LogP contribution in [0.4, 0.5) is 0 Å². The fourth-order valence-corrected chi connectivity index (χ4v) is 3.15. The van der Waals surface area contributed by atoms with Gasteiger partial charge in [0.2, 0.25) is 0 Å². The molecule has 3 nitrogen and oxygen atoms in total. The lowest BCUT2D eigenvalue weighted by Crippen LogP contribution is -2.10. The van der Waals surface area contributed by atoms with Crippen molar-refractivity contribution < 1.29 is 9.53 Å². The van der Waals surface area contributed by atoms with Gasteiger partial charge in [0, 0.05) is 10.9 Å². The van der Waals surface area contributed by atoms with Crippen LogP contribution < -0.4 is 4.74 Å². The second-order valence-electron chi connectivity index (χ2n) is 7.14. The minimum Gasteiger partial charge on any atom is -0.423 e. The third-order valence-electron chi connectivity index (χ3n) is 4.76. The Bertz CT molecular complexity index is 1160. The molecule has 4 aromatic rings. The number of rotatable bonds is 3. The minimum atomic E-state index is -0.379. The molecular weight excluding hydrogens is 346 g/mol. The first-order valence-corrected chi connectivity index (χ1v) is 9.27. The van der Waals surface area contributed by atoms with E-state index in [1.807, 2.05) is 93.6 Å². The second kappa shape index (κ2) is 7.28. The van der Waals surface area contributed by atoms with Crippen molar-refractivity contribution in [1.29, 1.82) is 0 Å². The van der Waals surface area contributed by atoms with Crippen molar-refractivity contribution in [2.45, 2.75) is 20.8 Å². The lowest BCUT2D eigenvalue weighted by molar-refractivity contribution is 0.0737. The third kappa shape index (κ3) is 3.65. The van der Waals surface area contributed by atoms with Gasteiger partial charge in [0.25, 0.3) is 0 Å². The van der Waals surface area contributed by atoms with Crippen molar-refractivity contribution in [2.75, 3.05) is 0 Å². The molecule has 0 fully saturated rings. The number of benzene rings is 3. The van der Waals surface area contributed by atoms with E-state index in [4.69, 9.17) is 9.72 Å². The Morgan fingerprint density at radius 3 is 2.04 bits per heavy atom. The van der Waals surface area contributed by atoms with Gasteiger partial charge in [-0.15, -0.1) is 0 Å². The maximum Gasteiger partial charge on any atom is 0.344 e. The van der Waals surface area contributed by atoms with Gasteiger partial charge in [-0.2, -0.15) is 0 Å². The molecule has 1 aromatic heterocycles. The van der Waals surface area contributed by atoms with E-state index in [0.717, 1.165) is 33.3 Å². The number of carbonyl (C=O) groups excluding carboxylic acids is 1. The summed E-state index contributed by atoms with van der Waals surface area (Å²) in [7, 11) is 0. The van der Waals surface area contributed by atoms with E-state index in [1.165, 1.54) is 5.56 Å². The third-order valence-corrected chi connectivity index (χ3v) is 4.76. The fourth-order valence-electron chi connectivity index (χ4n) is 3.15.